The molecule has 0 saturated carbocycles. The lowest BCUT2D eigenvalue weighted by molar-refractivity contribution is 0.0734. The monoisotopic (exact) mass is 262 g/mol. The summed E-state index contributed by atoms with van der Waals surface area (Å²) in [5.74, 6) is -0.116. The number of hydrogen-bond donors (Lipinski definition) is 0. The third-order valence-electron chi connectivity index (χ3n) is 2.64. The largest absolute Gasteiger partial charge is 0.423 e. The van der Waals surface area contributed by atoms with Crippen molar-refractivity contribution in [3.05, 3.63) is 65.2 Å². The number of nitriles is 2. The summed E-state index contributed by atoms with van der Waals surface area (Å²) >= 11 is 0. The molecule has 0 aliphatic heterocycles. The summed E-state index contributed by atoms with van der Waals surface area (Å²) < 4.78 is 5.20. The highest BCUT2D eigenvalue weighted by Gasteiger charge is 2.09. The molecule has 0 atom stereocenters. The fourth-order valence-electron chi connectivity index (χ4n) is 1.65. The smallest absolute Gasteiger partial charge is 0.343 e. The first-order chi connectivity index (χ1) is 9.72. The maximum absolute atomic E-state index is 11.9. The summed E-state index contributed by atoms with van der Waals surface area (Å²) in [6.45, 7) is 0. The van der Waals surface area contributed by atoms with Gasteiger partial charge >= 0.3 is 5.97 Å². The highest BCUT2D eigenvalue weighted by atomic mass is 16.5. The van der Waals surface area contributed by atoms with Crippen LogP contribution in [0, 0.1) is 22.7 Å². The van der Waals surface area contributed by atoms with Crippen LogP contribution in [0.25, 0.3) is 0 Å². The van der Waals surface area contributed by atoms with Gasteiger partial charge in [0.05, 0.1) is 29.7 Å². The summed E-state index contributed by atoms with van der Waals surface area (Å²) in [5.41, 5.74) is 1.59. The molecule has 2 aromatic carbocycles. The maximum atomic E-state index is 11.9. The summed E-state index contributed by atoms with van der Waals surface area (Å²) in [7, 11) is 0. The fraction of sp³-hybridized carbons (Fsp3) is 0.0625. The molecule has 96 valence electrons. The molecule has 0 spiro atoms. The molecular weight excluding hydrogens is 252 g/mol. The van der Waals surface area contributed by atoms with Crippen LogP contribution in [0.4, 0.5) is 0 Å². The van der Waals surface area contributed by atoms with Crippen LogP contribution in [0.3, 0.4) is 0 Å². The summed E-state index contributed by atoms with van der Waals surface area (Å²) in [6, 6.07) is 17.1. The van der Waals surface area contributed by atoms with Crippen LogP contribution >= 0.6 is 0 Å². The van der Waals surface area contributed by atoms with Crippen molar-refractivity contribution in [2.24, 2.45) is 0 Å². The molecule has 20 heavy (non-hydrogen) atoms. The lowest BCUT2D eigenvalue weighted by Crippen LogP contribution is -2.08. The van der Waals surface area contributed by atoms with Crippen molar-refractivity contribution in [3.8, 4) is 17.9 Å². The number of nitrogens with zero attached hydrogens (tertiary/aromatic N) is 2. The zero-order valence-electron chi connectivity index (χ0n) is 10.5. The summed E-state index contributed by atoms with van der Waals surface area (Å²) in [6.07, 6.45) is 0.318. The molecule has 0 N–H and O–H groups in total. The first-order valence-corrected chi connectivity index (χ1v) is 5.91. The van der Waals surface area contributed by atoms with E-state index in [1.54, 1.807) is 42.5 Å². The minimum absolute atomic E-state index is 0.318. The zero-order valence-corrected chi connectivity index (χ0v) is 10.5. The minimum atomic E-state index is -0.518. The molecule has 0 bridgehead atoms. The molecule has 0 saturated heterocycles. The number of rotatable bonds is 3. The summed E-state index contributed by atoms with van der Waals surface area (Å²) in [5, 5.41) is 17.4. The predicted molar refractivity (Wildman–Crippen MR) is 71.9 cm³/mol. The molecule has 0 fully saturated rings. The first-order valence-electron chi connectivity index (χ1n) is 5.91. The molecule has 4 nitrogen and oxygen atoms in total. The van der Waals surface area contributed by atoms with Crippen LogP contribution in [-0.2, 0) is 6.42 Å². The number of ether oxygens (including phenoxy) is 1. The van der Waals surface area contributed by atoms with E-state index in [1.807, 2.05) is 12.1 Å². The van der Waals surface area contributed by atoms with Gasteiger partial charge in [0.1, 0.15) is 5.75 Å². The topological polar surface area (TPSA) is 73.9 Å². The second-order valence-corrected chi connectivity index (χ2v) is 4.06. The molecular formula is C16H10N2O2. The molecule has 2 rings (SSSR count). The van der Waals surface area contributed by atoms with E-state index in [0.717, 1.165) is 5.56 Å². The Morgan fingerprint density at radius 1 is 1.10 bits per heavy atom. The Kier molecular flexibility index (Phi) is 4.11. The van der Waals surface area contributed by atoms with Gasteiger partial charge in [0.25, 0.3) is 0 Å². The van der Waals surface area contributed by atoms with Gasteiger partial charge in [-0.2, -0.15) is 10.5 Å². The SMILES string of the molecule is N#CCc1ccc(OC(=O)c2cccc(C#N)c2)cc1. The number of carbonyl (C=O) groups excluding carboxylic acids is 1. The van der Waals surface area contributed by atoms with Gasteiger partial charge in [-0.15, -0.1) is 0 Å². The molecule has 2 aromatic rings. The molecule has 0 aliphatic carbocycles. The average molecular weight is 262 g/mol. The van der Waals surface area contributed by atoms with E-state index in [4.69, 9.17) is 15.3 Å². The Morgan fingerprint density at radius 3 is 2.50 bits per heavy atom. The van der Waals surface area contributed by atoms with Crippen molar-refractivity contribution < 1.29 is 9.53 Å². The van der Waals surface area contributed by atoms with E-state index in [2.05, 4.69) is 0 Å². The van der Waals surface area contributed by atoms with Crippen molar-refractivity contribution in [2.75, 3.05) is 0 Å². The third-order valence-corrected chi connectivity index (χ3v) is 2.64. The molecule has 0 aliphatic rings. The van der Waals surface area contributed by atoms with E-state index in [-0.39, 0.29) is 0 Å². The number of esters is 1. The van der Waals surface area contributed by atoms with Crippen molar-refractivity contribution in [1.82, 2.24) is 0 Å². The molecule has 0 unspecified atom stereocenters. The first kappa shape index (κ1) is 13.3. The van der Waals surface area contributed by atoms with E-state index >= 15 is 0 Å². The highest BCUT2D eigenvalue weighted by molar-refractivity contribution is 5.91. The van der Waals surface area contributed by atoms with Gasteiger partial charge in [0.15, 0.2) is 0 Å². The Labute approximate surface area is 116 Å². The maximum Gasteiger partial charge on any atom is 0.343 e. The number of carbonyl (C=O) groups is 1. The lowest BCUT2D eigenvalue weighted by Gasteiger charge is -2.05. The van der Waals surface area contributed by atoms with Crippen LogP contribution in [0.2, 0.25) is 0 Å². The van der Waals surface area contributed by atoms with Crippen LogP contribution in [-0.4, -0.2) is 5.97 Å². The molecule has 0 radical (unpaired) electrons. The number of hydrogen-bond acceptors (Lipinski definition) is 4. The van der Waals surface area contributed by atoms with Gasteiger partial charge in [-0.25, -0.2) is 4.79 Å². The molecule has 0 amide bonds. The van der Waals surface area contributed by atoms with E-state index in [1.165, 1.54) is 6.07 Å². The van der Waals surface area contributed by atoms with Crippen molar-refractivity contribution in [3.63, 3.8) is 0 Å². The van der Waals surface area contributed by atoms with E-state index in [9.17, 15) is 4.79 Å². The quantitative estimate of drug-likeness (QED) is 0.629. The zero-order chi connectivity index (χ0) is 14.4. The van der Waals surface area contributed by atoms with E-state index in [0.29, 0.717) is 23.3 Å². The highest BCUT2D eigenvalue weighted by Crippen LogP contribution is 2.15. The van der Waals surface area contributed by atoms with Crippen LogP contribution < -0.4 is 4.74 Å². The fourth-order valence-corrected chi connectivity index (χ4v) is 1.65. The normalized spacial score (nSPS) is 9.30. The Bertz CT molecular complexity index is 706. The van der Waals surface area contributed by atoms with Gasteiger partial charge in [-0.05, 0) is 35.9 Å². The van der Waals surface area contributed by atoms with Crippen LogP contribution in [0.1, 0.15) is 21.5 Å². The van der Waals surface area contributed by atoms with E-state index < -0.39 is 5.97 Å². The van der Waals surface area contributed by atoms with Gasteiger partial charge in [0.2, 0.25) is 0 Å². The van der Waals surface area contributed by atoms with Crippen LogP contribution in [0.15, 0.2) is 48.5 Å². The van der Waals surface area contributed by atoms with Crippen molar-refractivity contribution in [2.45, 2.75) is 6.42 Å². The summed E-state index contributed by atoms with van der Waals surface area (Å²) in [4.78, 5) is 11.9. The Balaban J connectivity index is 2.11. The Morgan fingerprint density at radius 2 is 1.85 bits per heavy atom. The van der Waals surface area contributed by atoms with Crippen molar-refractivity contribution >= 4 is 5.97 Å². The third kappa shape index (κ3) is 3.22. The van der Waals surface area contributed by atoms with Gasteiger partial charge in [-0.1, -0.05) is 18.2 Å². The van der Waals surface area contributed by atoms with Gasteiger partial charge in [0, 0.05) is 0 Å². The minimum Gasteiger partial charge on any atom is -0.423 e. The average Bonchev–Trinajstić information content (AvgIpc) is 2.49. The molecule has 0 aromatic heterocycles. The lowest BCUT2D eigenvalue weighted by atomic mass is 10.1. The van der Waals surface area contributed by atoms with Gasteiger partial charge in [-0.3, -0.25) is 0 Å². The second kappa shape index (κ2) is 6.17. The van der Waals surface area contributed by atoms with Gasteiger partial charge < -0.3 is 4.74 Å². The Hall–Kier alpha value is -3.11. The molecule has 4 heteroatoms. The standard InChI is InChI=1S/C16H10N2O2/c17-9-8-12-4-6-15(7-5-12)20-16(19)14-3-1-2-13(10-14)11-18/h1-7,10H,8H2. The number of benzene rings is 2. The predicted octanol–water partition coefficient (Wildman–Crippen LogP) is 2.84. The molecule has 0 heterocycles. The van der Waals surface area contributed by atoms with Crippen LogP contribution in [0.5, 0.6) is 5.75 Å². The van der Waals surface area contributed by atoms with Crippen molar-refractivity contribution in [1.29, 1.82) is 10.5 Å². The second-order valence-electron chi connectivity index (χ2n) is 4.06.